The van der Waals surface area contributed by atoms with E-state index in [1.54, 1.807) is 0 Å². The van der Waals surface area contributed by atoms with E-state index in [2.05, 4.69) is 38.3 Å². The molecule has 1 aromatic carbocycles. The van der Waals surface area contributed by atoms with Crippen LogP contribution in [0.5, 0.6) is 0 Å². The van der Waals surface area contributed by atoms with Crippen LogP contribution < -0.4 is 0 Å². The zero-order valence-electron chi connectivity index (χ0n) is 12.6. The summed E-state index contributed by atoms with van der Waals surface area (Å²) in [5, 5.41) is 9.28. The first kappa shape index (κ1) is 13.4. The van der Waals surface area contributed by atoms with Crippen LogP contribution in [0, 0.1) is 6.92 Å². The van der Waals surface area contributed by atoms with Gasteiger partial charge in [-0.2, -0.15) is 0 Å². The zero-order chi connectivity index (χ0) is 14.9. The summed E-state index contributed by atoms with van der Waals surface area (Å²) in [6.45, 7) is 4.78. The number of benzene rings is 1. The Morgan fingerprint density at radius 2 is 2.18 bits per heavy atom. The van der Waals surface area contributed by atoms with Gasteiger partial charge in [-0.3, -0.25) is 9.88 Å². The van der Waals surface area contributed by atoms with Gasteiger partial charge in [0.15, 0.2) is 0 Å². The number of para-hydroxylation sites is 1. The maximum absolute atomic E-state index is 5.56. The molecule has 1 aliphatic heterocycles. The number of rotatable bonds is 3. The summed E-state index contributed by atoms with van der Waals surface area (Å²) in [5.74, 6) is 1.78. The number of pyridine rings is 1. The van der Waals surface area contributed by atoms with Gasteiger partial charge in [0, 0.05) is 31.6 Å². The fourth-order valence-electron chi connectivity index (χ4n) is 3.12. The molecular formula is C17H18N4O. The lowest BCUT2D eigenvalue weighted by Gasteiger charge is -2.15. The van der Waals surface area contributed by atoms with E-state index in [0.29, 0.717) is 11.8 Å². The lowest BCUT2D eigenvalue weighted by molar-refractivity contribution is 0.318. The molecule has 3 aromatic rings. The standard InChI is InChI=1S/C17H18N4O/c1-12-19-20-17(22-12)15-6-7-21(11-15)10-13-8-14-4-2-3-5-16(14)18-9-13/h2-5,8-9,15H,6-7,10-11H2,1H3/t15-/m0/s1. The van der Waals surface area contributed by atoms with Gasteiger partial charge in [0.25, 0.3) is 0 Å². The van der Waals surface area contributed by atoms with E-state index in [1.165, 1.54) is 10.9 Å². The molecule has 0 unspecified atom stereocenters. The van der Waals surface area contributed by atoms with Crippen LogP contribution in [-0.4, -0.2) is 33.2 Å². The summed E-state index contributed by atoms with van der Waals surface area (Å²) in [7, 11) is 0. The summed E-state index contributed by atoms with van der Waals surface area (Å²) in [4.78, 5) is 6.96. The Morgan fingerprint density at radius 3 is 3.05 bits per heavy atom. The Morgan fingerprint density at radius 1 is 1.27 bits per heavy atom. The molecule has 0 amide bonds. The summed E-state index contributed by atoms with van der Waals surface area (Å²) in [6.07, 6.45) is 3.05. The first-order valence-electron chi connectivity index (χ1n) is 7.64. The van der Waals surface area contributed by atoms with E-state index in [9.17, 15) is 0 Å². The largest absolute Gasteiger partial charge is 0.425 e. The van der Waals surface area contributed by atoms with Gasteiger partial charge in [0.1, 0.15) is 0 Å². The van der Waals surface area contributed by atoms with Crippen LogP contribution in [0.3, 0.4) is 0 Å². The Hall–Kier alpha value is -2.27. The molecule has 0 spiro atoms. The average molecular weight is 294 g/mol. The van der Waals surface area contributed by atoms with Crippen molar-refractivity contribution in [3.05, 3.63) is 53.9 Å². The number of aryl methyl sites for hydroxylation is 1. The van der Waals surface area contributed by atoms with Crippen LogP contribution in [0.4, 0.5) is 0 Å². The van der Waals surface area contributed by atoms with E-state index in [1.807, 2.05) is 25.3 Å². The van der Waals surface area contributed by atoms with Gasteiger partial charge in [0.2, 0.25) is 11.8 Å². The van der Waals surface area contributed by atoms with E-state index >= 15 is 0 Å². The number of likely N-dealkylation sites (tertiary alicyclic amines) is 1. The molecule has 3 heterocycles. The molecule has 5 nitrogen and oxygen atoms in total. The summed E-state index contributed by atoms with van der Waals surface area (Å²) in [5.41, 5.74) is 2.30. The zero-order valence-corrected chi connectivity index (χ0v) is 12.6. The van der Waals surface area contributed by atoms with Crippen LogP contribution in [-0.2, 0) is 6.54 Å². The summed E-state index contributed by atoms with van der Waals surface area (Å²) in [6, 6.07) is 10.5. The first-order valence-corrected chi connectivity index (χ1v) is 7.64. The molecule has 112 valence electrons. The number of hydrogen-bond donors (Lipinski definition) is 0. The van der Waals surface area contributed by atoms with Crippen LogP contribution >= 0.6 is 0 Å². The highest BCUT2D eigenvalue weighted by atomic mass is 16.4. The van der Waals surface area contributed by atoms with Crippen molar-refractivity contribution in [1.82, 2.24) is 20.1 Å². The maximum Gasteiger partial charge on any atom is 0.220 e. The molecule has 1 atom stereocenters. The first-order chi connectivity index (χ1) is 10.8. The predicted molar refractivity (Wildman–Crippen MR) is 83.4 cm³/mol. The highest BCUT2D eigenvalue weighted by molar-refractivity contribution is 5.78. The van der Waals surface area contributed by atoms with Crippen molar-refractivity contribution in [2.75, 3.05) is 13.1 Å². The normalized spacial score (nSPS) is 19.0. The summed E-state index contributed by atoms with van der Waals surface area (Å²) < 4.78 is 5.56. The van der Waals surface area contributed by atoms with Crippen LogP contribution in [0.25, 0.3) is 10.9 Å². The minimum absolute atomic E-state index is 0.356. The van der Waals surface area contributed by atoms with Crippen molar-refractivity contribution < 1.29 is 4.42 Å². The van der Waals surface area contributed by atoms with Gasteiger partial charge >= 0.3 is 0 Å². The third kappa shape index (κ3) is 2.60. The fourth-order valence-corrected chi connectivity index (χ4v) is 3.12. The number of nitrogens with zero attached hydrogens (tertiary/aromatic N) is 4. The highest BCUT2D eigenvalue weighted by Gasteiger charge is 2.27. The van der Waals surface area contributed by atoms with E-state index in [-0.39, 0.29) is 0 Å². The topological polar surface area (TPSA) is 55.1 Å². The van der Waals surface area contributed by atoms with Crippen LogP contribution in [0.2, 0.25) is 0 Å². The fraction of sp³-hybridized carbons (Fsp3) is 0.353. The molecule has 4 rings (SSSR count). The van der Waals surface area contributed by atoms with E-state index in [4.69, 9.17) is 4.42 Å². The van der Waals surface area contributed by atoms with Crippen molar-refractivity contribution >= 4 is 10.9 Å². The molecule has 0 N–H and O–H groups in total. The second-order valence-corrected chi connectivity index (χ2v) is 5.92. The smallest absolute Gasteiger partial charge is 0.220 e. The molecule has 2 aromatic heterocycles. The molecule has 1 aliphatic rings. The third-order valence-electron chi connectivity index (χ3n) is 4.22. The second-order valence-electron chi connectivity index (χ2n) is 5.92. The number of aromatic nitrogens is 3. The van der Waals surface area contributed by atoms with E-state index in [0.717, 1.165) is 37.5 Å². The van der Waals surface area contributed by atoms with Crippen molar-refractivity contribution in [3.63, 3.8) is 0 Å². The minimum Gasteiger partial charge on any atom is -0.425 e. The number of hydrogen-bond acceptors (Lipinski definition) is 5. The van der Waals surface area contributed by atoms with Crippen molar-refractivity contribution in [2.45, 2.75) is 25.8 Å². The molecule has 22 heavy (non-hydrogen) atoms. The van der Waals surface area contributed by atoms with E-state index < -0.39 is 0 Å². The van der Waals surface area contributed by atoms with Gasteiger partial charge < -0.3 is 4.42 Å². The molecule has 1 saturated heterocycles. The quantitative estimate of drug-likeness (QED) is 0.743. The Labute approximate surface area is 129 Å². The molecule has 0 bridgehead atoms. The van der Waals surface area contributed by atoms with Gasteiger partial charge in [-0.25, -0.2) is 0 Å². The van der Waals surface area contributed by atoms with Crippen LogP contribution in [0.15, 0.2) is 40.9 Å². The second kappa shape index (κ2) is 5.50. The van der Waals surface area contributed by atoms with Crippen LogP contribution in [0.1, 0.15) is 29.7 Å². The Bertz CT molecular complexity index is 798. The SMILES string of the molecule is Cc1nnc([C@H]2CCN(Cc3cnc4ccccc4c3)C2)o1. The van der Waals surface area contributed by atoms with Crippen molar-refractivity contribution in [3.8, 4) is 0 Å². The molecular weight excluding hydrogens is 276 g/mol. The minimum atomic E-state index is 0.356. The highest BCUT2D eigenvalue weighted by Crippen LogP contribution is 2.27. The molecule has 0 aliphatic carbocycles. The molecule has 0 saturated carbocycles. The molecule has 1 fully saturated rings. The van der Waals surface area contributed by atoms with Gasteiger partial charge in [0.05, 0.1) is 11.4 Å². The molecule has 5 heteroatoms. The van der Waals surface area contributed by atoms with Gasteiger partial charge in [-0.15, -0.1) is 10.2 Å². The third-order valence-corrected chi connectivity index (χ3v) is 4.22. The lowest BCUT2D eigenvalue weighted by Crippen LogP contribution is -2.19. The average Bonchev–Trinajstić information content (AvgIpc) is 3.16. The van der Waals surface area contributed by atoms with Gasteiger partial charge in [-0.1, -0.05) is 18.2 Å². The predicted octanol–water partition coefficient (Wildman–Crippen LogP) is 2.92. The van der Waals surface area contributed by atoms with Crippen molar-refractivity contribution in [1.29, 1.82) is 0 Å². The Kier molecular flexibility index (Phi) is 3.35. The summed E-state index contributed by atoms with van der Waals surface area (Å²) >= 11 is 0. The monoisotopic (exact) mass is 294 g/mol. The van der Waals surface area contributed by atoms with Crippen molar-refractivity contribution in [2.24, 2.45) is 0 Å². The number of fused-ring (bicyclic) bond motifs is 1. The molecule has 0 radical (unpaired) electrons. The van der Waals surface area contributed by atoms with Gasteiger partial charge in [-0.05, 0) is 30.7 Å². The lowest BCUT2D eigenvalue weighted by atomic mass is 10.1. The Balaban J connectivity index is 1.47. The maximum atomic E-state index is 5.56.